The fourth-order valence-electron chi connectivity index (χ4n) is 2.52. The highest BCUT2D eigenvalue weighted by Crippen LogP contribution is 2.32. The van der Waals surface area contributed by atoms with Crippen LogP contribution in [0.3, 0.4) is 0 Å². The number of rotatable bonds is 4. The van der Waals surface area contributed by atoms with Crippen LogP contribution in [0.25, 0.3) is 0 Å². The smallest absolute Gasteiger partial charge is 0.127 e. The SMILES string of the molecule is CCc1ccccc1C(NC)c1cc(C)c(F)cc1Cl. The van der Waals surface area contributed by atoms with Crippen LogP contribution in [0.5, 0.6) is 0 Å². The van der Waals surface area contributed by atoms with Crippen molar-refractivity contribution in [3.63, 3.8) is 0 Å². The van der Waals surface area contributed by atoms with E-state index in [-0.39, 0.29) is 11.9 Å². The van der Waals surface area contributed by atoms with Gasteiger partial charge in [0.25, 0.3) is 0 Å². The van der Waals surface area contributed by atoms with E-state index in [4.69, 9.17) is 11.6 Å². The minimum absolute atomic E-state index is 0.0297. The number of halogens is 2. The van der Waals surface area contributed by atoms with Crippen LogP contribution in [0.2, 0.25) is 5.02 Å². The van der Waals surface area contributed by atoms with Gasteiger partial charge in [0, 0.05) is 5.02 Å². The Kier molecular flexibility index (Phi) is 4.79. The van der Waals surface area contributed by atoms with Gasteiger partial charge in [-0.25, -0.2) is 4.39 Å². The van der Waals surface area contributed by atoms with Crippen molar-refractivity contribution in [3.8, 4) is 0 Å². The standard InChI is InChI=1S/C17H19ClFN/c1-4-12-7-5-6-8-13(12)17(20-3)14-9-11(2)16(19)10-15(14)18/h5-10,17,20H,4H2,1-3H3. The maximum absolute atomic E-state index is 13.6. The summed E-state index contributed by atoms with van der Waals surface area (Å²) in [5.41, 5.74) is 3.97. The molecule has 0 aromatic heterocycles. The molecule has 0 fully saturated rings. The van der Waals surface area contributed by atoms with Crippen LogP contribution in [-0.2, 0) is 6.42 Å². The van der Waals surface area contributed by atoms with Gasteiger partial charge in [-0.15, -0.1) is 0 Å². The summed E-state index contributed by atoms with van der Waals surface area (Å²) in [4.78, 5) is 0. The van der Waals surface area contributed by atoms with Crippen LogP contribution in [0.15, 0.2) is 36.4 Å². The molecule has 1 N–H and O–H groups in total. The molecular weight excluding hydrogens is 273 g/mol. The van der Waals surface area contributed by atoms with E-state index in [1.807, 2.05) is 25.2 Å². The molecule has 0 aliphatic rings. The highest BCUT2D eigenvalue weighted by atomic mass is 35.5. The first-order chi connectivity index (χ1) is 9.58. The molecule has 0 aliphatic carbocycles. The summed E-state index contributed by atoms with van der Waals surface area (Å²) in [6.45, 7) is 3.89. The fraction of sp³-hybridized carbons (Fsp3) is 0.294. The number of aryl methyl sites for hydroxylation is 2. The summed E-state index contributed by atoms with van der Waals surface area (Å²) in [6.07, 6.45) is 0.951. The molecule has 1 nitrogen and oxygen atoms in total. The van der Waals surface area contributed by atoms with Gasteiger partial charge in [0.1, 0.15) is 5.82 Å². The summed E-state index contributed by atoms with van der Waals surface area (Å²) in [6, 6.07) is 11.4. The molecule has 3 heteroatoms. The Morgan fingerprint density at radius 1 is 1.20 bits per heavy atom. The second-order valence-corrected chi connectivity index (χ2v) is 5.30. The Bertz CT molecular complexity index is 610. The topological polar surface area (TPSA) is 12.0 Å². The van der Waals surface area contributed by atoms with Gasteiger partial charge in [-0.1, -0.05) is 42.8 Å². The Morgan fingerprint density at radius 2 is 1.90 bits per heavy atom. The number of nitrogens with one attached hydrogen (secondary N) is 1. The van der Waals surface area contributed by atoms with Gasteiger partial charge in [0.05, 0.1) is 6.04 Å². The average molecular weight is 292 g/mol. The first-order valence-corrected chi connectivity index (χ1v) is 7.16. The molecule has 0 spiro atoms. The summed E-state index contributed by atoms with van der Waals surface area (Å²) in [5, 5.41) is 3.75. The Labute approximate surface area is 124 Å². The van der Waals surface area contributed by atoms with Gasteiger partial charge in [0.15, 0.2) is 0 Å². The number of hydrogen-bond acceptors (Lipinski definition) is 1. The molecule has 0 radical (unpaired) electrons. The van der Waals surface area contributed by atoms with Gasteiger partial charge in [-0.05, 0) is 54.8 Å². The van der Waals surface area contributed by atoms with E-state index in [0.29, 0.717) is 10.6 Å². The first kappa shape index (κ1) is 15.0. The predicted octanol–water partition coefficient (Wildman–Crippen LogP) is 4.66. The largest absolute Gasteiger partial charge is 0.309 e. The molecule has 1 unspecified atom stereocenters. The lowest BCUT2D eigenvalue weighted by molar-refractivity contribution is 0.613. The maximum atomic E-state index is 13.6. The molecule has 2 aromatic carbocycles. The molecule has 0 bridgehead atoms. The monoisotopic (exact) mass is 291 g/mol. The van der Waals surface area contributed by atoms with Crippen LogP contribution >= 0.6 is 11.6 Å². The van der Waals surface area contributed by atoms with E-state index < -0.39 is 0 Å². The molecule has 0 saturated carbocycles. The third-order valence-electron chi connectivity index (χ3n) is 3.62. The third-order valence-corrected chi connectivity index (χ3v) is 3.95. The normalized spacial score (nSPS) is 12.4. The second kappa shape index (κ2) is 6.38. The van der Waals surface area contributed by atoms with E-state index in [1.54, 1.807) is 6.92 Å². The van der Waals surface area contributed by atoms with Gasteiger partial charge >= 0.3 is 0 Å². The highest BCUT2D eigenvalue weighted by Gasteiger charge is 2.19. The van der Waals surface area contributed by atoms with Crippen LogP contribution in [0.4, 0.5) is 4.39 Å². The van der Waals surface area contributed by atoms with Crippen LogP contribution < -0.4 is 5.32 Å². The minimum atomic E-state index is -0.266. The lowest BCUT2D eigenvalue weighted by Crippen LogP contribution is -2.20. The van der Waals surface area contributed by atoms with Crippen molar-refractivity contribution in [2.75, 3.05) is 7.05 Å². The van der Waals surface area contributed by atoms with E-state index in [9.17, 15) is 4.39 Å². The second-order valence-electron chi connectivity index (χ2n) is 4.90. The Balaban J connectivity index is 2.55. The molecule has 0 heterocycles. The van der Waals surface area contributed by atoms with Crippen molar-refractivity contribution >= 4 is 11.6 Å². The van der Waals surface area contributed by atoms with Crippen LogP contribution in [0.1, 0.15) is 35.2 Å². The molecule has 1 atom stereocenters. The zero-order valence-corrected chi connectivity index (χ0v) is 12.8. The van der Waals surface area contributed by atoms with E-state index >= 15 is 0 Å². The van der Waals surface area contributed by atoms with Crippen molar-refractivity contribution < 1.29 is 4.39 Å². The fourth-order valence-corrected chi connectivity index (χ4v) is 2.78. The molecule has 0 aliphatic heterocycles. The lowest BCUT2D eigenvalue weighted by atomic mass is 9.92. The number of hydrogen-bond donors (Lipinski definition) is 1. The van der Waals surface area contributed by atoms with Crippen molar-refractivity contribution in [1.82, 2.24) is 5.32 Å². The van der Waals surface area contributed by atoms with Gasteiger partial charge < -0.3 is 5.32 Å². The number of benzene rings is 2. The highest BCUT2D eigenvalue weighted by molar-refractivity contribution is 6.31. The van der Waals surface area contributed by atoms with Crippen molar-refractivity contribution in [3.05, 3.63) is 69.5 Å². The quantitative estimate of drug-likeness (QED) is 0.864. The van der Waals surface area contributed by atoms with Crippen molar-refractivity contribution in [1.29, 1.82) is 0 Å². The third kappa shape index (κ3) is 2.87. The summed E-state index contributed by atoms with van der Waals surface area (Å²) < 4.78 is 13.6. The predicted molar refractivity (Wildman–Crippen MR) is 82.9 cm³/mol. The first-order valence-electron chi connectivity index (χ1n) is 6.79. The maximum Gasteiger partial charge on any atom is 0.127 e. The van der Waals surface area contributed by atoms with Crippen molar-refractivity contribution in [2.24, 2.45) is 0 Å². The Hall–Kier alpha value is -1.38. The lowest BCUT2D eigenvalue weighted by Gasteiger charge is -2.22. The van der Waals surface area contributed by atoms with Gasteiger partial charge in [-0.3, -0.25) is 0 Å². The van der Waals surface area contributed by atoms with Crippen molar-refractivity contribution in [2.45, 2.75) is 26.3 Å². The Morgan fingerprint density at radius 3 is 2.55 bits per heavy atom. The molecule has 2 rings (SSSR count). The van der Waals surface area contributed by atoms with Gasteiger partial charge in [0.2, 0.25) is 0 Å². The molecule has 0 amide bonds. The molecule has 2 aromatic rings. The van der Waals surface area contributed by atoms with Gasteiger partial charge in [-0.2, -0.15) is 0 Å². The van der Waals surface area contributed by atoms with Crippen LogP contribution in [0, 0.1) is 12.7 Å². The van der Waals surface area contributed by atoms with E-state index in [1.165, 1.54) is 17.2 Å². The van der Waals surface area contributed by atoms with Crippen LogP contribution in [-0.4, -0.2) is 7.05 Å². The summed E-state index contributed by atoms with van der Waals surface area (Å²) in [5.74, 6) is -0.266. The summed E-state index contributed by atoms with van der Waals surface area (Å²) in [7, 11) is 1.89. The van der Waals surface area contributed by atoms with E-state index in [0.717, 1.165) is 12.0 Å². The minimum Gasteiger partial charge on any atom is -0.309 e. The molecule has 106 valence electrons. The zero-order valence-electron chi connectivity index (χ0n) is 12.0. The average Bonchev–Trinajstić information content (AvgIpc) is 2.45. The summed E-state index contributed by atoms with van der Waals surface area (Å²) >= 11 is 6.24. The zero-order chi connectivity index (χ0) is 14.7. The molecule has 20 heavy (non-hydrogen) atoms. The van der Waals surface area contributed by atoms with E-state index in [2.05, 4.69) is 24.4 Å². The molecular formula is C17H19ClFN. The molecule has 0 saturated heterocycles.